The second-order valence-electron chi connectivity index (χ2n) is 4.92. The van der Waals surface area contributed by atoms with Crippen molar-refractivity contribution in [3.63, 3.8) is 0 Å². The molecule has 1 N–H and O–H groups in total. The minimum atomic E-state index is -0.330. The summed E-state index contributed by atoms with van der Waals surface area (Å²) in [5, 5.41) is 3.38. The maximum absolute atomic E-state index is 13.2. The average molecular weight is 340 g/mol. The van der Waals surface area contributed by atoms with E-state index in [0.717, 1.165) is 18.1 Å². The highest BCUT2D eigenvalue weighted by molar-refractivity contribution is 9.10. The van der Waals surface area contributed by atoms with E-state index in [4.69, 9.17) is 9.15 Å². The van der Waals surface area contributed by atoms with Crippen molar-refractivity contribution in [1.29, 1.82) is 0 Å². The van der Waals surface area contributed by atoms with Crippen LogP contribution in [0.1, 0.15) is 24.4 Å². The van der Waals surface area contributed by atoms with Gasteiger partial charge in [-0.05, 0) is 37.1 Å². The molecule has 5 heteroatoms. The first-order chi connectivity index (χ1) is 9.69. The minimum absolute atomic E-state index is 0.291. The largest absolute Gasteiger partial charge is 0.486 e. The van der Waals surface area contributed by atoms with Crippen molar-refractivity contribution < 1.29 is 13.5 Å². The van der Waals surface area contributed by atoms with Gasteiger partial charge >= 0.3 is 0 Å². The van der Waals surface area contributed by atoms with Gasteiger partial charge in [0.05, 0.1) is 6.54 Å². The number of nitrogens with one attached hydrogen (secondary N) is 1. The van der Waals surface area contributed by atoms with Crippen molar-refractivity contribution in [2.24, 2.45) is 0 Å². The first-order valence-electron chi connectivity index (χ1n) is 6.59. The van der Waals surface area contributed by atoms with Crippen molar-refractivity contribution >= 4 is 15.9 Å². The van der Waals surface area contributed by atoms with Gasteiger partial charge in [-0.25, -0.2) is 4.39 Å². The lowest BCUT2D eigenvalue weighted by Gasteiger charge is -2.05. The summed E-state index contributed by atoms with van der Waals surface area (Å²) in [5.41, 5.74) is 0. The van der Waals surface area contributed by atoms with Gasteiger partial charge in [0.25, 0.3) is 0 Å². The van der Waals surface area contributed by atoms with E-state index in [9.17, 15) is 4.39 Å². The average Bonchev–Trinajstić information content (AvgIpc) is 3.12. The highest BCUT2D eigenvalue weighted by atomic mass is 79.9. The van der Waals surface area contributed by atoms with E-state index in [1.54, 1.807) is 6.07 Å². The summed E-state index contributed by atoms with van der Waals surface area (Å²) in [6.07, 6.45) is 2.51. The van der Waals surface area contributed by atoms with Gasteiger partial charge in [0.2, 0.25) is 0 Å². The van der Waals surface area contributed by atoms with E-state index in [1.165, 1.54) is 25.0 Å². The predicted octanol–water partition coefficient (Wildman–Crippen LogP) is 4.01. The summed E-state index contributed by atoms with van der Waals surface area (Å²) in [4.78, 5) is 0. The van der Waals surface area contributed by atoms with E-state index >= 15 is 0 Å². The van der Waals surface area contributed by atoms with Gasteiger partial charge in [-0.2, -0.15) is 0 Å². The molecule has 106 valence electrons. The second kappa shape index (κ2) is 5.97. The van der Waals surface area contributed by atoms with E-state index in [0.29, 0.717) is 22.9 Å². The normalized spacial score (nSPS) is 14.5. The molecule has 0 aliphatic heterocycles. The quantitative estimate of drug-likeness (QED) is 0.863. The Morgan fingerprint density at radius 2 is 2.05 bits per heavy atom. The van der Waals surface area contributed by atoms with Crippen molar-refractivity contribution in [2.45, 2.75) is 32.0 Å². The molecule has 3 rings (SSSR count). The van der Waals surface area contributed by atoms with Crippen LogP contribution in [0.15, 0.2) is 39.2 Å². The maximum atomic E-state index is 13.2. The first kappa shape index (κ1) is 13.6. The number of halogens is 2. The van der Waals surface area contributed by atoms with Gasteiger partial charge in [0.1, 0.15) is 29.7 Å². The molecule has 2 aromatic rings. The maximum Gasteiger partial charge on any atom is 0.146 e. The fourth-order valence-corrected chi connectivity index (χ4v) is 2.34. The molecule has 1 heterocycles. The molecule has 0 atom stereocenters. The summed E-state index contributed by atoms with van der Waals surface area (Å²) < 4.78 is 25.0. The summed E-state index contributed by atoms with van der Waals surface area (Å²) >= 11 is 3.23. The van der Waals surface area contributed by atoms with Crippen LogP contribution in [-0.2, 0) is 13.2 Å². The molecule has 1 aromatic carbocycles. The Hall–Kier alpha value is -1.33. The first-order valence-corrected chi connectivity index (χ1v) is 7.38. The van der Waals surface area contributed by atoms with Crippen LogP contribution in [0, 0.1) is 5.82 Å². The zero-order valence-corrected chi connectivity index (χ0v) is 12.5. The van der Waals surface area contributed by atoms with Crippen LogP contribution in [0.5, 0.6) is 5.75 Å². The molecule has 20 heavy (non-hydrogen) atoms. The molecular weight excluding hydrogens is 325 g/mol. The van der Waals surface area contributed by atoms with Crippen molar-refractivity contribution in [3.8, 4) is 5.75 Å². The molecule has 1 aliphatic rings. The molecule has 1 aliphatic carbocycles. The second-order valence-corrected chi connectivity index (χ2v) is 5.83. The molecule has 0 unspecified atom stereocenters. The molecule has 0 radical (unpaired) electrons. The highest BCUT2D eigenvalue weighted by Gasteiger charge is 2.20. The van der Waals surface area contributed by atoms with Crippen LogP contribution >= 0.6 is 15.9 Å². The molecule has 3 nitrogen and oxygen atoms in total. The third-order valence-corrected chi connectivity index (χ3v) is 3.53. The van der Waals surface area contributed by atoms with Gasteiger partial charge in [-0.3, -0.25) is 0 Å². The van der Waals surface area contributed by atoms with E-state index in [2.05, 4.69) is 21.2 Å². The molecular formula is C15H15BrFNO2. The van der Waals surface area contributed by atoms with Crippen LogP contribution in [0.4, 0.5) is 4.39 Å². The lowest BCUT2D eigenvalue weighted by molar-refractivity contribution is 0.264. The summed E-state index contributed by atoms with van der Waals surface area (Å²) in [6, 6.07) is 8.95. The number of furan rings is 1. The molecule has 0 bridgehead atoms. The SMILES string of the molecule is Fc1cc(Br)cc(OCc2ccc(CNC3CC3)o2)c1. The zero-order valence-electron chi connectivity index (χ0n) is 10.9. The number of ether oxygens (including phenoxy) is 1. The highest BCUT2D eigenvalue weighted by Crippen LogP contribution is 2.22. The predicted molar refractivity (Wildman–Crippen MR) is 77.0 cm³/mol. The Balaban J connectivity index is 1.54. The van der Waals surface area contributed by atoms with Crippen molar-refractivity contribution in [2.75, 3.05) is 0 Å². The Labute approximate surface area is 125 Å². The van der Waals surface area contributed by atoms with Crippen LogP contribution in [0.3, 0.4) is 0 Å². The Bertz CT molecular complexity index is 575. The third-order valence-electron chi connectivity index (χ3n) is 3.08. The lowest BCUT2D eigenvalue weighted by Crippen LogP contribution is -2.14. The minimum Gasteiger partial charge on any atom is -0.486 e. The third kappa shape index (κ3) is 3.84. The Morgan fingerprint density at radius 3 is 2.80 bits per heavy atom. The van der Waals surface area contributed by atoms with Crippen LogP contribution in [0.2, 0.25) is 0 Å². The van der Waals surface area contributed by atoms with E-state index in [1.807, 2.05) is 12.1 Å². The van der Waals surface area contributed by atoms with Gasteiger partial charge in [-0.1, -0.05) is 15.9 Å². The number of benzene rings is 1. The van der Waals surface area contributed by atoms with Crippen molar-refractivity contribution in [3.05, 3.63) is 52.1 Å². The lowest BCUT2D eigenvalue weighted by atomic mass is 10.3. The van der Waals surface area contributed by atoms with Crippen LogP contribution in [0.25, 0.3) is 0 Å². The Morgan fingerprint density at radius 1 is 1.25 bits per heavy atom. The van der Waals surface area contributed by atoms with Crippen LogP contribution in [-0.4, -0.2) is 6.04 Å². The number of hydrogen-bond acceptors (Lipinski definition) is 3. The topological polar surface area (TPSA) is 34.4 Å². The molecule has 1 aromatic heterocycles. The molecule has 0 amide bonds. The van der Waals surface area contributed by atoms with Gasteiger partial charge in [0, 0.05) is 16.6 Å². The summed E-state index contributed by atoms with van der Waals surface area (Å²) in [6.45, 7) is 1.04. The monoisotopic (exact) mass is 339 g/mol. The van der Waals surface area contributed by atoms with E-state index < -0.39 is 0 Å². The number of hydrogen-bond donors (Lipinski definition) is 1. The summed E-state index contributed by atoms with van der Waals surface area (Å²) in [5.74, 6) is 1.78. The van der Waals surface area contributed by atoms with Gasteiger partial charge in [0.15, 0.2) is 0 Å². The molecule has 0 spiro atoms. The molecule has 1 saturated carbocycles. The number of rotatable bonds is 6. The van der Waals surface area contributed by atoms with E-state index in [-0.39, 0.29) is 5.82 Å². The van der Waals surface area contributed by atoms with Crippen molar-refractivity contribution in [1.82, 2.24) is 5.32 Å². The molecule has 1 fully saturated rings. The van der Waals surface area contributed by atoms with Gasteiger partial charge in [-0.15, -0.1) is 0 Å². The zero-order chi connectivity index (χ0) is 13.9. The Kier molecular flexibility index (Phi) is 4.08. The molecule has 0 saturated heterocycles. The van der Waals surface area contributed by atoms with Gasteiger partial charge < -0.3 is 14.5 Å². The smallest absolute Gasteiger partial charge is 0.146 e. The fourth-order valence-electron chi connectivity index (χ4n) is 1.89. The van der Waals surface area contributed by atoms with Crippen LogP contribution < -0.4 is 10.1 Å². The standard InChI is InChI=1S/C15H15BrFNO2/c16-10-5-11(17)7-15(6-10)19-9-14-4-3-13(20-14)8-18-12-1-2-12/h3-7,12,18H,1-2,8-9H2. The fraction of sp³-hybridized carbons (Fsp3) is 0.333. The summed E-state index contributed by atoms with van der Waals surface area (Å²) in [7, 11) is 0.